The van der Waals surface area contributed by atoms with Gasteiger partial charge < -0.3 is 10.1 Å². The minimum absolute atomic E-state index is 0.173. The molecule has 1 heterocycles. The summed E-state index contributed by atoms with van der Waals surface area (Å²) in [6, 6.07) is 11.6. The van der Waals surface area contributed by atoms with Crippen LogP contribution in [0, 0.1) is 0 Å². The molecule has 6 heteroatoms. The van der Waals surface area contributed by atoms with Crippen molar-refractivity contribution >= 4 is 40.4 Å². The molecule has 1 aromatic carbocycles. The number of carbonyl (C=O) groups is 1. The average molecular weight is 325 g/mol. The van der Waals surface area contributed by atoms with Gasteiger partial charge in [0.25, 0.3) is 0 Å². The number of amides is 1. The van der Waals surface area contributed by atoms with Gasteiger partial charge in [0.15, 0.2) is 0 Å². The molecule has 112 valence electrons. The molecule has 4 nitrogen and oxygen atoms in total. The fraction of sp³-hybridized carbons (Fsp3) is 0.267. The molecule has 0 aliphatic rings. The first-order valence-corrected chi connectivity index (χ1v) is 7.83. The van der Waals surface area contributed by atoms with Crippen LogP contribution in [0.2, 0.25) is 4.34 Å². The fourth-order valence-electron chi connectivity index (χ4n) is 1.82. The van der Waals surface area contributed by atoms with Gasteiger partial charge in [0.2, 0.25) is 0 Å². The molecule has 0 bridgehead atoms. The molecule has 1 unspecified atom stereocenters. The van der Waals surface area contributed by atoms with Gasteiger partial charge in [-0.15, -0.1) is 11.3 Å². The number of anilines is 2. The van der Waals surface area contributed by atoms with Gasteiger partial charge in [-0.3, -0.25) is 5.32 Å². The van der Waals surface area contributed by atoms with Crippen molar-refractivity contribution in [3.05, 3.63) is 45.6 Å². The Morgan fingerprint density at radius 2 is 1.90 bits per heavy atom. The molecule has 2 aromatic rings. The Bertz CT molecular complexity index is 598. The Morgan fingerprint density at radius 3 is 2.48 bits per heavy atom. The summed E-state index contributed by atoms with van der Waals surface area (Å²) < 4.78 is 5.61. The number of thiophene rings is 1. The first-order valence-electron chi connectivity index (χ1n) is 6.64. The number of hydrogen-bond acceptors (Lipinski definition) is 4. The highest BCUT2D eigenvalue weighted by Crippen LogP contribution is 2.29. The van der Waals surface area contributed by atoms with Crippen LogP contribution < -0.4 is 10.6 Å². The summed E-state index contributed by atoms with van der Waals surface area (Å²) in [7, 11) is 0. The van der Waals surface area contributed by atoms with Crippen LogP contribution in [0.1, 0.15) is 24.8 Å². The molecule has 2 rings (SSSR count). The van der Waals surface area contributed by atoms with E-state index in [2.05, 4.69) is 17.6 Å². The van der Waals surface area contributed by atoms with Crippen LogP contribution in [0.5, 0.6) is 0 Å². The van der Waals surface area contributed by atoms with Gasteiger partial charge in [-0.2, -0.15) is 0 Å². The van der Waals surface area contributed by atoms with Crippen molar-refractivity contribution in [2.24, 2.45) is 0 Å². The molecule has 0 saturated carbocycles. The van der Waals surface area contributed by atoms with Crippen LogP contribution in [0.4, 0.5) is 16.2 Å². The van der Waals surface area contributed by atoms with E-state index in [0.717, 1.165) is 10.0 Å². The van der Waals surface area contributed by atoms with Gasteiger partial charge in [0.05, 0.1) is 17.0 Å². The first-order chi connectivity index (χ1) is 10.1. The molecule has 1 amide bonds. The Morgan fingerprint density at radius 1 is 1.24 bits per heavy atom. The van der Waals surface area contributed by atoms with E-state index in [-0.39, 0.29) is 6.04 Å². The van der Waals surface area contributed by atoms with E-state index in [0.29, 0.717) is 12.3 Å². The topological polar surface area (TPSA) is 50.4 Å². The Hall–Kier alpha value is -1.72. The summed E-state index contributed by atoms with van der Waals surface area (Å²) in [5.41, 5.74) is 1.67. The second-order valence-corrected chi connectivity index (χ2v) is 6.18. The molecular weight excluding hydrogens is 308 g/mol. The van der Waals surface area contributed by atoms with Gasteiger partial charge in [-0.25, -0.2) is 4.79 Å². The highest BCUT2D eigenvalue weighted by molar-refractivity contribution is 7.16. The van der Waals surface area contributed by atoms with E-state index in [4.69, 9.17) is 16.3 Å². The minimum atomic E-state index is -0.445. The second-order valence-electron chi connectivity index (χ2n) is 4.43. The summed E-state index contributed by atoms with van der Waals surface area (Å²) >= 11 is 7.50. The lowest BCUT2D eigenvalue weighted by Crippen LogP contribution is -2.13. The summed E-state index contributed by atoms with van der Waals surface area (Å²) in [6.45, 7) is 4.20. The zero-order chi connectivity index (χ0) is 15.2. The predicted octanol–water partition coefficient (Wildman–Crippen LogP) is 5.14. The highest BCUT2D eigenvalue weighted by atomic mass is 35.5. The maximum absolute atomic E-state index is 11.3. The number of hydrogen-bond donors (Lipinski definition) is 2. The zero-order valence-corrected chi connectivity index (χ0v) is 13.4. The maximum Gasteiger partial charge on any atom is 0.411 e. The molecule has 0 fully saturated rings. The zero-order valence-electron chi connectivity index (χ0n) is 11.9. The third kappa shape index (κ3) is 4.65. The van der Waals surface area contributed by atoms with E-state index < -0.39 is 6.09 Å². The van der Waals surface area contributed by atoms with Crippen LogP contribution in [-0.2, 0) is 4.74 Å². The lowest BCUT2D eigenvalue weighted by molar-refractivity contribution is 0.168. The van der Waals surface area contributed by atoms with E-state index in [9.17, 15) is 4.79 Å². The molecule has 0 aliphatic heterocycles. The highest BCUT2D eigenvalue weighted by Gasteiger charge is 2.08. The van der Waals surface area contributed by atoms with Gasteiger partial charge >= 0.3 is 6.09 Å². The van der Waals surface area contributed by atoms with Crippen molar-refractivity contribution < 1.29 is 9.53 Å². The van der Waals surface area contributed by atoms with Crippen molar-refractivity contribution in [2.75, 3.05) is 17.2 Å². The van der Waals surface area contributed by atoms with E-state index >= 15 is 0 Å². The fourth-order valence-corrected chi connectivity index (χ4v) is 2.88. The van der Waals surface area contributed by atoms with Crippen LogP contribution in [0.15, 0.2) is 36.4 Å². The molecule has 21 heavy (non-hydrogen) atoms. The van der Waals surface area contributed by atoms with Crippen molar-refractivity contribution in [1.82, 2.24) is 0 Å². The third-order valence-electron chi connectivity index (χ3n) is 2.81. The molecule has 2 N–H and O–H groups in total. The van der Waals surface area contributed by atoms with Gasteiger partial charge in [-0.1, -0.05) is 11.6 Å². The smallest absolute Gasteiger partial charge is 0.411 e. The average Bonchev–Trinajstić information content (AvgIpc) is 2.88. The number of carbonyl (C=O) groups excluding carboxylic acids is 1. The van der Waals surface area contributed by atoms with E-state index in [1.165, 1.54) is 4.88 Å². The first kappa shape index (κ1) is 15.7. The Kier molecular flexibility index (Phi) is 5.47. The Labute approximate surface area is 133 Å². The largest absolute Gasteiger partial charge is 0.450 e. The van der Waals surface area contributed by atoms with Gasteiger partial charge in [0.1, 0.15) is 0 Å². The molecular formula is C15H17ClN2O2S. The van der Waals surface area contributed by atoms with Crippen molar-refractivity contribution in [1.29, 1.82) is 0 Å². The molecule has 1 aromatic heterocycles. The molecule has 0 spiro atoms. The number of halogens is 1. The van der Waals surface area contributed by atoms with Crippen molar-refractivity contribution in [3.8, 4) is 0 Å². The molecule has 0 aliphatic carbocycles. The monoisotopic (exact) mass is 324 g/mol. The predicted molar refractivity (Wildman–Crippen MR) is 88.5 cm³/mol. The van der Waals surface area contributed by atoms with Crippen molar-refractivity contribution in [2.45, 2.75) is 19.9 Å². The maximum atomic E-state index is 11.3. The summed E-state index contributed by atoms with van der Waals surface area (Å²) in [5, 5.41) is 6.04. The Balaban J connectivity index is 1.94. The molecule has 1 atom stereocenters. The lowest BCUT2D eigenvalue weighted by Gasteiger charge is -2.14. The number of rotatable bonds is 5. The number of ether oxygens (including phenoxy) is 1. The van der Waals surface area contributed by atoms with Crippen LogP contribution in [0.3, 0.4) is 0 Å². The second kappa shape index (κ2) is 7.33. The summed E-state index contributed by atoms with van der Waals surface area (Å²) in [5.74, 6) is 0. The van der Waals surface area contributed by atoms with Gasteiger partial charge in [0, 0.05) is 16.3 Å². The van der Waals surface area contributed by atoms with Crippen LogP contribution in [0.25, 0.3) is 0 Å². The number of benzene rings is 1. The van der Waals surface area contributed by atoms with Crippen LogP contribution in [-0.4, -0.2) is 12.7 Å². The van der Waals surface area contributed by atoms with Crippen molar-refractivity contribution in [3.63, 3.8) is 0 Å². The normalized spacial score (nSPS) is 11.8. The third-order valence-corrected chi connectivity index (χ3v) is 4.22. The quantitative estimate of drug-likeness (QED) is 0.800. The standard InChI is InChI=1S/C15H17ClN2O2S/c1-3-20-15(19)18-12-6-4-11(5-7-12)17-10(2)13-8-9-14(16)21-13/h4-10,17H,3H2,1-2H3,(H,18,19). The number of nitrogens with one attached hydrogen (secondary N) is 2. The summed E-state index contributed by atoms with van der Waals surface area (Å²) in [6.07, 6.45) is -0.445. The lowest BCUT2D eigenvalue weighted by atomic mass is 10.2. The molecule has 0 saturated heterocycles. The van der Waals surface area contributed by atoms with E-state index in [1.807, 2.05) is 36.4 Å². The summed E-state index contributed by atoms with van der Waals surface area (Å²) in [4.78, 5) is 12.5. The SMILES string of the molecule is CCOC(=O)Nc1ccc(NC(C)c2ccc(Cl)s2)cc1. The van der Waals surface area contributed by atoms with Crippen LogP contribution >= 0.6 is 22.9 Å². The van der Waals surface area contributed by atoms with Gasteiger partial charge in [-0.05, 0) is 50.2 Å². The van der Waals surface area contributed by atoms with E-state index in [1.54, 1.807) is 18.3 Å². The molecule has 0 radical (unpaired) electrons. The minimum Gasteiger partial charge on any atom is -0.450 e.